The fourth-order valence-electron chi connectivity index (χ4n) is 2.27. The minimum absolute atomic E-state index is 0.246. The van der Waals surface area contributed by atoms with Crippen molar-refractivity contribution in [3.8, 4) is 6.07 Å². The van der Waals surface area contributed by atoms with Crippen LogP contribution in [0.15, 0.2) is 16.7 Å². The van der Waals surface area contributed by atoms with Gasteiger partial charge in [-0.3, -0.25) is 0 Å². The molecule has 0 bridgehead atoms. The van der Waals surface area contributed by atoms with Crippen LogP contribution >= 0.6 is 0 Å². The third-order valence-electron chi connectivity index (χ3n) is 3.41. The van der Waals surface area contributed by atoms with Gasteiger partial charge in [-0.25, -0.2) is 4.98 Å². The molecule has 0 aliphatic carbocycles. The van der Waals surface area contributed by atoms with E-state index in [1.54, 1.807) is 6.92 Å². The molecule has 7 heteroatoms. The molecule has 0 amide bonds. The minimum Gasteiger partial charge on any atom is -0.366 e. The van der Waals surface area contributed by atoms with Gasteiger partial charge in [0.2, 0.25) is 11.7 Å². The molecule has 3 heterocycles. The number of morpholine rings is 1. The summed E-state index contributed by atoms with van der Waals surface area (Å²) in [6.45, 7) is 5.47. The molecule has 0 aromatic carbocycles. The predicted octanol–water partition coefficient (Wildman–Crippen LogP) is 1.53. The van der Waals surface area contributed by atoms with Gasteiger partial charge in [0.1, 0.15) is 23.7 Å². The fraction of sp³-hybridized carbons (Fsp3) is 0.429. The second-order valence-electron chi connectivity index (χ2n) is 4.92. The van der Waals surface area contributed by atoms with Crippen molar-refractivity contribution in [3.63, 3.8) is 0 Å². The van der Waals surface area contributed by atoms with Gasteiger partial charge in [-0.1, -0.05) is 11.2 Å². The molecule has 1 fully saturated rings. The van der Waals surface area contributed by atoms with Crippen LogP contribution < -0.4 is 4.90 Å². The first-order valence-corrected chi connectivity index (χ1v) is 6.72. The van der Waals surface area contributed by atoms with Crippen molar-refractivity contribution in [2.24, 2.45) is 0 Å². The third-order valence-corrected chi connectivity index (χ3v) is 3.41. The van der Waals surface area contributed by atoms with Gasteiger partial charge in [-0.15, -0.1) is 0 Å². The van der Waals surface area contributed by atoms with Crippen molar-refractivity contribution in [2.45, 2.75) is 20.0 Å². The van der Waals surface area contributed by atoms with Crippen LogP contribution in [0.25, 0.3) is 0 Å². The average molecular weight is 285 g/mol. The minimum atomic E-state index is -0.246. The van der Waals surface area contributed by atoms with E-state index in [4.69, 9.17) is 14.5 Å². The number of hydrogen-bond acceptors (Lipinski definition) is 7. The molecule has 21 heavy (non-hydrogen) atoms. The molecule has 0 radical (unpaired) electrons. The Hall–Kier alpha value is -2.46. The maximum Gasteiger partial charge on any atom is 0.223 e. The molecule has 1 aliphatic heterocycles. The first-order valence-electron chi connectivity index (χ1n) is 6.72. The predicted molar refractivity (Wildman–Crippen MR) is 73.6 cm³/mol. The van der Waals surface area contributed by atoms with E-state index in [1.165, 1.54) is 0 Å². The molecule has 2 aromatic heterocycles. The summed E-state index contributed by atoms with van der Waals surface area (Å²) >= 11 is 0. The first-order chi connectivity index (χ1) is 10.2. The highest BCUT2D eigenvalue weighted by molar-refractivity contribution is 5.45. The lowest BCUT2D eigenvalue weighted by atomic mass is 10.2. The Morgan fingerprint density at radius 2 is 2.19 bits per heavy atom. The fourth-order valence-corrected chi connectivity index (χ4v) is 2.27. The monoisotopic (exact) mass is 285 g/mol. The van der Waals surface area contributed by atoms with E-state index in [0.717, 1.165) is 11.4 Å². The quantitative estimate of drug-likeness (QED) is 0.826. The summed E-state index contributed by atoms with van der Waals surface area (Å²) in [4.78, 5) is 10.7. The van der Waals surface area contributed by atoms with Crippen LogP contribution in [0.3, 0.4) is 0 Å². The zero-order chi connectivity index (χ0) is 14.8. The molecule has 108 valence electrons. The lowest BCUT2D eigenvalue weighted by Gasteiger charge is -2.32. The number of rotatable bonds is 2. The van der Waals surface area contributed by atoms with E-state index in [0.29, 0.717) is 37.1 Å². The molecule has 0 N–H and O–H groups in total. The van der Waals surface area contributed by atoms with Crippen LogP contribution in [0.4, 0.5) is 5.82 Å². The van der Waals surface area contributed by atoms with Gasteiger partial charge < -0.3 is 14.2 Å². The first kappa shape index (κ1) is 13.5. The topological polar surface area (TPSA) is 88.1 Å². The number of anilines is 1. The van der Waals surface area contributed by atoms with Crippen LogP contribution in [-0.2, 0) is 4.74 Å². The van der Waals surface area contributed by atoms with Crippen LogP contribution in [-0.4, -0.2) is 34.8 Å². The van der Waals surface area contributed by atoms with Crippen molar-refractivity contribution in [1.29, 1.82) is 5.26 Å². The van der Waals surface area contributed by atoms with E-state index in [1.807, 2.05) is 19.1 Å². The molecule has 1 atom stereocenters. The highest BCUT2D eigenvalue weighted by Crippen LogP contribution is 2.24. The lowest BCUT2D eigenvalue weighted by molar-refractivity contribution is 0.0323. The third kappa shape index (κ3) is 2.71. The summed E-state index contributed by atoms with van der Waals surface area (Å²) in [5.41, 5.74) is 1.32. The summed E-state index contributed by atoms with van der Waals surface area (Å²) in [5.74, 6) is 1.83. The molecule has 3 rings (SSSR count). The highest BCUT2D eigenvalue weighted by atomic mass is 16.5. The highest BCUT2D eigenvalue weighted by Gasteiger charge is 2.26. The van der Waals surface area contributed by atoms with Gasteiger partial charge in [-0.2, -0.15) is 10.2 Å². The zero-order valence-corrected chi connectivity index (χ0v) is 11.9. The van der Waals surface area contributed by atoms with E-state index in [-0.39, 0.29) is 6.10 Å². The van der Waals surface area contributed by atoms with Crippen LogP contribution in [0.2, 0.25) is 0 Å². The van der Waals surface area contributed by atoms with Crippen molar-refractivity contribution < 1.29 is 9.26 Å². The summed E-state index contributed by atoms with van der Waals surface area (Å²) < 4.78 is 10.7. The van der Waals surface area contributed by atoms with Gasteiger partial charge in [0.15, 0.2) is 0 Å². The standard InChI is InChI=1S/C14H15N5O2/c1-9-3-4-13(17-11(9)7-15)19-5-6-20-12(8-19)14-16-10(2)21-18-14/h3-4,12H,5-6,8H2,1-2H3. The summed E-state index contributed by atoms with van der Waals surface area (Å²) in [6, 6.07) is 5.94. The maximum atomic E-state index is 9.09. The number of nitriles is 1. The molecular formula is C14H15N5O2. The molecule has 2 aromatic rings. The largest absolute Gasteiger partial charge is 0.366 e. The number of hydrogen-bond donors (Lipinski definition) is 0. The normalized spacial score (nSPS) is 18.5. The van der Waals surface area contributed by atoms with Crippen molar-refractivity contribution in [2.75, 3.05) is 24.6 Å². The zero-order valence-electron chi connectivity index (χ0n) is 11.9. The lowest BCUT2D eigenvalue weighted by Crippen LogP contribution is -2.39. The van der Waals surface area contributed by atoms with Crippen molar-refractivity contribution in [1.82, 2.24) is 15.1 Å². The Morgan fingerprint density at radius 1 is 1.33 bits per heavy atom. The molecule has 7 nitrogen and oxygen atoms in total. The smallest absolute Gasteiger partial charge is 0.223 e. The molecule has 1 aliphatic rings. The molecule has 1 unspecified atom stereocenters. The Bertz CT molecular complexity index is 691. The van der Waals surface area contributed by atoms with Gasteiger partial charge in [0.05, 0.1) is 13.2 Å². The number of ether oxygens (including phenoxy) is 1. The molecule has 0 spiro atoms. The Balaban J connectivity index is 1.81. The van der Waals surface area contributed by atoms with E-state index >= 15 is 0 Å². The van der Waals surface area contributed by atoms with E-state index in [2.05, 4.69) is 26.1 Å². The number of nitrogens with zero attached hydrogens (tertiary/aromatic N) is 5. The Morgan fingerprint density at radius 3 is 2.90 bits per heavy atom. The van der Waals surface area contributed by atoms with Crippen molar-refractivity contribution in [3.05, 3.63) is 35.1 Å². The van der Waals surface area contributed by atoms with Gasteiger partial charge in [0, 0.05) is 13.5 Å². The summed E-state index contributed by atoms with van der Waals surface area (Å²) in [7, 11) is 0. The van der Waals surface area contributed by atoms with Crippen LogP contribution in [0, 0.1) is 25.2 Å². The number of aromatic nitrogens is 3. The van der Waals surface area contributed by atoms with Gasteiger partial charge in [0.25, 0.3) is 0 Å². The van der Waals surface area contributed by atoms with Crippen LogP contribution in [0.1, 0.15) is 29.1 Å². The van der Waals surface area contributed by atoms with Crippen molar-refractivity contribution >= 4 is 5.82 Å². The second-order valence-corrected chi connectivity index (χ2v) is 4.92. The Labute approximate surface area is 122 Å². The second kappa shape index (κ2) is 5.50. The molecule has 1 saturated heterocycles. The summed E-state index contributed by atoms with van der Waals surface area (Å²) in [5, 5.41) is 13.0. The molecular weight excluding hydrogens is 270 g/mol. The van der Waals surface area contributed by atoms with E-state index in [9.17, 15) is 0 Å². The summed E-state index contributed by atoms with van der Waals surface area (Å²) in [6.07, 6.45) is -0.246. The van der Waals surface area contributed by atoms with Crippen LogP contribution in [0.5, 0.6) is 0 Å². The SMILES string of the molecule is Cc1nc(C2CN(c3ccc(C)c(C#N)n3)CCO2)no1. The number of aryl methyl sites for hydroxylation is 2. The molecule has 0 saturated carbocycles. The maximum absolute atomic E-state index is 9.09. The van der Waals surface area contributed by atoms with E-state index < -0.39 is 0 Å². The number of pyridine rings is 1. The van der Waals surface area contributed by atoms with Gasteiger partial charge in [-0.05, 0) is 18.6 Å². The van der Waals surface area contributed by atoms with Gasteiger partial charge >= 0.3 is 0 Å². The average Bonchev–Trinajstić information content (AvgIpc) is 2.94. The Kier molecular flexibility index (Phi) is 3.54.